The summed E-state index contributed by atoms with van der Waals surface area (Å²) in [5.41, 5.74) is 3.85. The van der Waals surface area contributed by atoms with Crippen LogP contribution in [0.1, 0.15) is 37.0 Å². The van der Waals surface area contributed by atoms with Crippen LogP contribution in [-0.2, 0) is 6.42 Å². The third kappa shape index (κ3) is 4.26. The lowest BCUT2D eigenvalue weighted by Gasteiger charge is -2.16. The Labute approximate surface area is 106 Å². The third-order valence-electron chi connectivity index (χ3n) is 2.67. The van der Waals surface area contributed by atoms with E-state index < -0.39 is 0 Å². The fraction of sp³-hybridized carbons (Fsp3) is 0.500. The van der Waals surface area contributed by atoms with Crippen molar-refractivity contribution in [2.75, 3.05) is 6.61 Å². The molecule has 0 radical (unpaired) electrons. The summed E-state index contributed by atoms with van der Waals surface area (Å²) in [6.45, 7) is 13.2. The van der Waals surface area contributed by atoms with Crippen molar-refractivity contribution in [3.8, 4) is 5.75 Å². The van der Waals surface area contributed by atoms with E-state index >= 15 is 0 Å². The van der Waals surface area contributed by atoms with Crippen molar-refractivity contribution >= 4 is 0 Å². The van der Waals surface area contributed by atoms with Crippen LogP contribution in [0.3, 0.4) is 0 Å². The maximum atomic E-state index is 5.95. The first-order chi connectivity index (χ1) is 8.04. The van der Waals surface area contributed by atoms with Gasteiger partial charge < -0.3 is 4.74 Å². The second kappa shape index (κ2) is 6.48. The van der Waals surface area contributed by atoms with E-state index in [2.05, 4.69) is 46.4 Å². The van der Waals surface area contributed by atoms with Gasteiger partial charge in [0.2, 0.25) is 0 Å². The van der Waals surface area contributed by atoms with Crippen LogP contribution in [0.5, 0.6) is 5.75 Å². The molecule has 94 valence electrons. The summed E-state index contributed by atoms with van der Waals surface area (Å²) in [7, 11) is 0. The Morgan fingerprint density at radius 2 is 2.00 bits per heavy atom. The number of ether oxygens (including phenoxy) is 1. The lowest BCUT2D eigenvalue weighted by molar-refractivity contribution is 0.267. The number of hydrogen-bond donors (Lipinski definition) is 0. The van der Waals surface area contributed by atoms with E-state index in [-0.39, 0.29) is 0 Å². The molecule has 1 aromatic rings. The Kier molecular flexibility index (Phi) is 5.27. The summed E-state index contributed by atoms with van der Waals surface area (Å²) in [6.07, 6.45) is 3.98. The molecule has 0 fully saturated rings. The minimum atomic E-state index is 0.558. The summed E-state index contributed by atoms with van der Waals surface area (Å²) in [4.78, 5) is 0. The molecule has 0 bridgehead atoms. The van der Waals surface area contributed by atoms with Gasteiger partial charge in [-0.05, 0) is 43.7 Å². The molecule has 0 amide bonds. The maximum Gasteiger partial charge on any atom is 0.125 e. The summed E-state index contributed by atoms with van der Waals surface area (Å²) in [5.74, 6) is 1.63. The Hall–Kier alpha value is -1.24. The second-order valence-electron chi connectivity index (χ2n) is 5.10. The number of hydrogen-bond acceptors (Lipinski definition) is 1. The molecule has 1 rings (SSSR count). The number of allylic oxidation sites excluding steroid dienone is 1. The Morgan fingerprint density at radius 3 is 2.59 bits per heavy atom. The molecule has 17 heavy (non-hydrogen) atoms. The first-order valence-electron chi connectivity index (χ1n) is 6.38. The Bertz CT molecular complexity index is 377. The molecule has 1 aromatic carbocycles. The molecular weight excluding hydrogens is 208 g/mol. The van der Waals surface area contributed by atoms with Crippen LogP contribution in [-0.4, -0.2) is 6.61 Å². The molecule has 1 heteroatoms. The molecule has 0 aliphatic heterocycles. The van der Waals surface area contributed by atoms with E-state index in [1.165, 1.54) is 16.7 Å². The van der Waals surface area contributed by atoms with Gasteiger partial charge in [-0.25, -0.2) is 0 Å². The van der Waals surface area contributed by atoms with Crippen LogP contribution in [0.4, 0.5) is 0 Å². The van der Waals surface area contributed by atoms with Crippen molar-refractivity contribution in [3.63, 3.8) is 0 Å². The topological polar surface area (TPSA) is 9.23 Å². The van der Waals surface area contributed by atoms with Crippen LogP contribution in [0, 0.1) is 19.8 Å². The highest BCUT2D eigenvalue weighted by atomic mass is 16.5. The van der Waals surface area contributed by atoms with E-state index in [1.807, 2.05) is 6.08 Å². The average Bonchev–Trinajstić information content (AvgIpc) is 2.24. The molecule has 0 aliphatic rings. The van der Waals surface area contributed by atoms with Gasteiger partial charge in [0.1, 0.15) is 5.75 Å². The van der Waals surface area contributed by atoms with Crippen molar-refractivity contribution in [2.24, 2.45) is 5.92 Å². The maximum absolute atomic E-state index is 5.95. The molecule has 0 atom stereocenters. The van der Waals surface area contributed by atoms with E-state index in [4.69, 9.17) is 4.74 Å². The summed E-state index contributed by atoms with van der Waals surface area (Å²) < 4.78 is 5.95. The average molecular weight is 232 g/mol. The molecule has 0 saturated heterocycles. The monoisotopic (exact) mass is 232 g/mol. The third-order valence-corrected chi connectivity index (χ3v) is 2.67. The molecule has 0 saturated carbocycles. The largest absolute Gasteiger partial charge is 0.493 e. The summed E-state index contributed by atoms with van der Waals surface area (Å²) >= 11 is 0. The van der Waals surface area contributed by atoms with Gasteiger partial charge in [-0.15, -0.1) is 6.58 Å². The fourth-order valence-electron chi connectivity index (χ4n) is 1.94. The fourth-order valence-corrected chi connectivity index (χ4v) is 1.94. The zero-order chi connectivity index (χ0) is 12.8. The molecule has 0 aromatic heterocycles. The van der Waals surface area contributed by atoms with E-state index in [1.54, 1.807) is 0 Å². The molecule has 0 unspecified atom stereocenters. The van der Waals surface area contributed by atoms with Gasteiger partial charge in [0.25, 0.3) is 0 Å². The zero-order valence-electron chi connectivity index (χ0n) is 11.5. The normalized spacial score (nSPS) is 10.6. The molecule has 1 nitrogen and oxygen atoms in total. The van der Waals surface area contributed by atoms with Gasteiger partial charge in [-0.2, -0.15) is 0 Å². The van der Waals surface area contributed by atoms with Crippen LogP contribution < -0.4 is 4.74 Å². The first-order valence-corrected chi connectivity index (χ1v) is 6.38. The van der Waals surface area contributed by atoms with E-state index in [0.717, 1.165) is 25.2 Å². The summed E-state index contributed by atoms with van der Waals surface area (Å²) in [5, 5.41) is 0. The molecule has 0 spiro atoms. The number of benzene rings is 1. The number of aryl methyl sites for hydroxylation is 3. The van der Waals surface area contributed by atoms with Crippen molar-refractivity contribution < 1.29 is 4.74 Å². The quantitative estimate of drug-likeness (QED) is 0.658. The second-order valence-corrected chi connectivity index (χ2v) is 5.10. The van der Waals surface area contributed by atoms with Gasteiger partial charge in [0, 0.05) is 0 Å². The minimum Gasteiger partial charge on any atom is -0.493 e. The standard InChI is InChI=1S/C16H24O/c1-6-7-8-15-10-13(4)9-14(5)16(15)17-11-12(2)3/h6,9-10,12H,1,7-8,11H2,2-5H3. The van der Waals surface area contributed by atoms with Gasteiger partial charge in [-0.1, -0.05) is 37.6 Å². The van der Waals surface area contributed by atoms with E-state index in [0.29, 0.717) is 5.92 Å². The summed E-state index contributed by atoms with van der Waals surface area (Å²) in [6, 6.07) is 4.42. The van der Waals surface area contributed by atoms with Crippen molar-refractivity contribution in [1.29, 1.82) is 0 Å². The van der Waals surface area contributed by atoms with Crippen molar-refractivity contribution in [3.05, 3.63) is 41.5 Å². The number of rotatable bonds is 6. The lowest BCUT2D eigenvalue weighted by atomic mass is 10.0. The smallest absolute Gasteiger partial charge is 0.125 e. The highest BCUT2D eigenvalue weighted by Gasteiger charge is 2.08. The van der Waals surface area contributed by atoms with Crippen molar-refractivity contribution in [1.82, 2.24) is 0 Å². The zero-order valence-corrected chi connectivity index (χ0v) is 11.5. The first kappa shape index (κ1) is 13.8. The highest BCUT2D eigenvalue weighted by Crippen LogP contribution is 2.27. The van der Waals surface area contributed by atoms with Crippen LogP contribution in [0.2, 0.25) is 0 Å². The molecule has 0 heterocycles. The molecular formula is C16H24O. The molecule has 0 N–H and O–H groups in total. The van der Waals surface area contributed by atoms with Gasteiger partial charge in [0.05, 0.1) is 6.61 Å². The predicted molar refractivity (Wildman–Crippen MR) is 74.8 cm³/mol. The molecule has 0 aliphatic carbocycles. The predicted octanol–water partition coefficient (Wildman–Crippen LogP) is 4.46. The van der Waals surface area contributed by atoms with Crippen molar-refractivity contribution in [2.45, 2.75) is 40.5 Å². The van der Waals surface area contributed by atoms with Gasteiger partial charge >= 0.3 is 0 Å². The van der Waals surface area contributed by atoms with Crippen LogP contribution >= 0.6 is 0 Å². The van der Waals surface area contributed by atoms with Crippen LogP contribution in [0.15, 0.2) is 24.8 Å². The Morgan fingerprint density at radius 1 is 1.29 bits per heavy atom. The van der Waals surface area contributed by atoms with E-state index in [9.17, 15) is 0 Å². The van der Waals surface area contributed by atoms with Gasteiger partial charge in [-0.3, -0.25) is 0 Å². The lowest BCUT2D eigenvalue weighted by Crippen LogP contribution is -2.07. The minimum absolute atomic E-state index is 0.558. The Balaban J connectivity index is 2.93. The highest BCUT2D eigenvalue weighted by molar-refractivity contribution is 5.44. The van der Waals surface area contributed by atoms with Gasteiger partial charge in [0.15, 0.2) is 0 Å². The SMILES string of the molecule is C=CCCc1cc(C)cc(C)c1OCC(C)C. The van der Waals surface area contributed by atoms with Crippen LogP contribution in [0.25, 0.3) is 0 Å².